The summed E-state index contributed by atoms with van der Waals surface area (Å²) in [5.74, 6) is 1.41. The van der Waals surface area contributed by atoms with Crippen molar-refractivity contribution in [2.75, 3.05) is 0 Å². The molecule has 0 bridgehead atoms. The number of hydrogen-bond acceptors (Lipinski definition) is 3. The molecule has 0 amide bonds. The van der Waals surface area contributed by atoms with Crippen LogP contribution in [0.25, 0.3) is 10.8 Å². The molecule has 0 aliphatic heterocycles. The van der Waals surface area contributed by atoms with Crippen molar-refractivity contribution in [1.82, 2.24) is 4.98 Å². The van der Waals surface area contributed by atoms with Crippen LogP contribution in [0.3, 0.4) is 0 Å². The summed E-state index contributed by atoms with van der Waals surface area (Å²) in [7, 11) is 0. The molecule has 1 aromatic carbocycles. The molecule has 4 rings (SSSR count). The zero-order valence-electron chi connectivity index (χ0n) is 16.8. The summed E-state index contributed by atoms with van der Waals surface area (Å²) in [4.78, 5) is 16.0. The molecular formula is C24H31NO3. The first-order valence-electron chi connectivity index (χ1n) is 11.0. The monoisotopic (exact) mass is 381 g/mol. The number of aromatic nitrogens is 1. The zero-order chi connectivity index (χ0) is 19.5. The molecule has 28 heavy (non-hydrogen) atoms. The van der Waals surface area contributed by atoms with E-state index in [1.165, 1.54) is 44.9 Å². The lowest BCUT2D eigenvalue weighted by atomic mass is 9.86. The SMILES string of the molecule is CC[C@H]1CC[C@H](Oc2ccc3cc(C(=O)O)nc(CC4CCCC4)c3c2)CC1. The van der Waals surface area contributed by atoms with E-state index in [1.807, 2.05) is 12.1 Å². The molecule has 2 saturated carbocycles. The van der Waals surface area contributed by atoms with Gasteiger partial charge >= 0.3 is 5.97 Å². The summed E-state index contributed by atoms with van der Waals surface area (Å²) in [6.07, 6.45) is 12.2. The molecule has 2 aromatic rings. The molecule has 2 aliphatic carbocycles. The lowest BCUT2D eigenvalue weighted by Gasteiger charge is -2.28. The van der Waals surface area contributed by atoms with E-state index in [1.54, 1.807) is 6.07 Å². The van der Waals surface area contributed by atoms with Crippen LogP contribution in [0.15, 0.2) is 24.3 Å². The molecule has 1 aromatic heterocycles. The number of ether oxygens (including phenoxy) is 1. The Morgan fingerprint density at radius 2 is 1.82 bits per heavy atom. The molecular weight excluding hydrogens is 350 g/mol. The van der Waals surface area contributed by atoms with Gasteiger partial charge in [-0.05, 0) is 67.5 Å². The quantitative estimate of drug-likeness (QED) is 0.665. The Labute approximate surface area is 167 Å². The Bertz CT molecular complexity index is 833. The lowest BCUT2D eigenvalue weighted by molar-refractivity contribution is 0.0690. The van der Waals surface area contributed by atoms with E-state index in [9.17, 15) is 9.90 Å². The molecule has 1 N–H and O–H groups in total. The van der Waals surface area contributed by atoms with Crippen LogP contribution in [0.2, 0.25) is 0 Å². The van der Waals surface area contributed by atoms with E-state index >= 15 is 0 Å². The number of carboxylic acid groups (broad SMARTS) is 1. The van der Waals surface area contributed by atoms with Crippen molar-refractivity contribution in [1.29, 1.82) is 0 Å². The molecule has 2 fully saturated rings. The number of nitrogens with zero attached hydrogens (tertiary/aromatic N) is 1. The third kappa shape index (κ3) is 4.31. The molecule has 0 unspecified atom stereocenters. The lowest BCUT2D eigenvalue weighted by Crippen LogP contribution is -2.23. The second-order valence-corrected chi connectivity index (χ2v) is 8.67. The average Bonchev–Trinajstić information content (AvgIpc) is 3.22. The van der Waals surface area contributed by atoms with Gasteiger partial charge in [-0.25, -0.2) is 9.78 Å². The highest BCUT2D eigenvalue weighted by molar-refractivity contribution is 5.94. The minimum absolute atomic E-state index is 0.145. The largest absolute Gasteiger partial charge is 0.490 e. The van der Waals surface area contributed by atoms with Crippen LogP contribution in [0.1, 0.15) is 80.9 Å². The van der Waals surface area contributed by atoms with Gasteiger partial charge in [0, 0.05) is 11.1 Å². The van der Waals surface area contributed by atoms with Gasteiger partial charge in [-0.3, -0.25) is 0 Å². The molecule has 4 heteroatoms. The first-order valence-corrected chi connectivity index (χ1v) is 11.0. The maximum absolute atomic E-state index is 11.5. The number of rotatable bonds is 6. The third-order valence-corrected chi connectivity index (χ3v) is 6.73. The van der Waals surface area contributed by atoms with Crippen LogP contribution in [0.5, 0.6) is 5.75 Å². The van der Waals surface area contributed by atoms with Crippen molar-refractivity contribution in [3.8, 4) is 5.75 Å². The highest BCUT2D eigenvalue weighted by atomic mass is 16.5. The van der Waals surface area contributed by atoms with Crippen molar-refractivity contribution < 1.29 is 14.6 Å². The number of hydrogen-bond donors (Lipinski definition) is 1. The van der Waals surface area contributed by atoms with E-state index in [2.05, 4.69) is 18.0 Å². The smallest absolute Gasteiger partial charge is 0.354 e. The molecule has 0 atom stereocenters. The molecule has 0 spiro atoms. The van der Waals surface area contributed by atoms with Gasteiger partial charge in [0.05, 0.1) is 6.10 Å². The van der Waals surface area contributed by atoms with Crippen molar-refractivity contribution in [2.24, 2.45) is 11.8 Å². The van der Waals surface area contributed by atoms with Crippen LogP contribution in [-0.4, -0.2) is 22.2 Å². The fourth-order valence-electron chi connectivity index (χ4n) is 4.97. The Balaban J connectivity index is 1.59. The van der Waals surface area contributed by atoms with E-state index in [-0.39, 0.29) is 5.69 Å². The molecule has 4 nitrogen and oxygen atoms in total. The van der Waals surface area contributed by atoms with Gasteiger partial charge in [0.15, 0.2) is 0 Å². The second-order valence-electron chi connectivity index (χ2n) is 8.67. The predicted octanol–water partition coefficient (Wildman–Crippen LogP) is 6.01. The Hall–Kier alpha value is -2.10. The van der Waals surface area contributed by atoms with Crippen LogP contribution < -0.4 is 4.74 Å². The third-order valence-electron chi connectivity index (χ3n) is 6.73. The summed E-state index contributed by atoms with van der Waals surface area (Å²) in [6, 6.07) is 7.75. The van der Waals surface area contributed by atoms with Crippen LogP contribution in [0.4, 0.5) is 0 Å². The van der Waals surface area contributed by atoms with Gasteiger partial charge in [-0.1, -0.05) is 45.1 Å². The van der Waals surface area contributed by atoms with E-state index in [0.29, 0.717) is 12.0 Å². The van der Waals surface area contributed by atoms with Gasteiger partial charge < -0.3 is 9.84 Å². The summed E-state index contributed by atoms with van der Waals surface area (Å²) in [5.41, 5.74) is 1.06. The van der Waals surface area contributed by atoms with Crippen molar-refractivity contribution in [3.63, 3.8) is 0 Å². The fraction of sp³-hybridized carbons (Fsp3) is 0.583. The molecule has 0 radical (unpaired) electrons. The number of aromatic carboxylic acids is 1. The number of fused-ring (bicyclic) bond motifs is 1. The van der Waals surface area contributed by atoms with Crippen LogP contribution >= 0.6 is 0 Å². The Kier molecular flexibility index (Phi) is 5.84. The first kappa shape index (κ1) is 19.2. The highest BCUT2D eigenvalue weighted by Crippen LogP contribution is 2.33. The van der Waals surface area contributed by atoms with Gasteiger partial charge in [0.1, 0.15) is 11.4 Å². The molecule has 0 saturated heterocycles. The number of benzene rings is 1. The standard InChI is InChI=1S/C24H31NO3/c1-2-16-7-10-19(11-8-16)28-20-12-9-18-14-23(24(26)27)25-22(21(18)15-20)13-17-5-3-4-6-17/h9,12,14-17,19H,2-8,10-11,13H2,1H3,(H,26,27)/t16-,19-. The summed E-state index contributed by atoms with van der Waals surface area (Å²) < 4.78 is 6.31. The molecule has 2 aliphatic rings. The Morgan fingerprint density at radius 1 is 1.07 bits per heavy atom. The maximum Gasteiger partial charge on any atom is 0.354 e. The number of carbonyl (C=O) groups is 1. The zero-order valence-corrected chi connectivity index (χ0v) is 16.8. The average molecular weight is 382 g/mol. The minimum atomic E-state index is -0.956. The van der Waals surface area contributed by atoms with Crippen LogP contribution in [0, 0.1) is 11.8 Å². The number of carboxylic acids is 1. The summed E-state index contributed by atoms with van der Waals surface area (Å²) >= 11 is 0. The Morgan fingerprint density at radius 3 is 2.50 bits per heavy atom. The van der Waals surface area contributed by atoms with E-state index in [4.69, 9.17) is 4.74 Å². The normalized spacial score (nSPS) is 23.2. The van der Waals surface area contributed by atoms with Gasteiger partial charge in [-0.15, -0.1) is 0 Å². The topological polar surface area (TPSA) is 59.4 Å². The van der Waals surface area contributed by atoms with Crippen molar-refractivity contribution >= 4 is 16.7 Å². The molecule has 1 heterocycles. The van der Waals surface area contributed by atoms with Crippen LogP contribution in [-0.2, 0) is 6.42 Å². The summed E-state index contributed by atoms with van der Waals surface area (Å²) in [5, 5.41) is 11.5. The van der Waals surface area contributed by atoms with Gasteiger partial charge in [0.2, 0.25) is 0 Å². The fourth-order valence-corrected chi connectivity index (χ4v) is 4.97. The first-order chi connectivity index (χ1) is 13.6. The summed E-state index contributed by atoms with van der Waals surface area (Å²) in [6.45, 7) is 2.28. The van der Waals surface area contributed by atoms with Gasteiger partial charge in [0.25, 0.3) is 0 Å². The number of pyridine rings is 1. The molecule has 150 valence electrons. The van der Waals surface area contributed by atoms with E-state index < -0.39 is 5.97 Å². The van der Waals surface area contributed by atoms with Crippen molar-refractivity contribution in [2.45, 2.75) is 77.2 Å². The minimum Gasteiger partial charge on any atom is -0.490 e. The maximum atomic E-state index is 11.5. The van der Waals surface area contributed by atoms with E-state index in [0.717, 1.165) is 47.4 Å². The van der Waals surface area contributed by atoms with Gasteiger partial charge in [-0.2, -0.15) is 0 Å². The second kappa shape index (κ2) is 8.50. The highest BCUT2D eigenvalue weighted by Gasteiger charge is 2.22. The predicted molar refractivity (Wildman–Crippen MR) is 111 cm³/mol. The van der Waals surface area contributed by atoms with Crippen molar-refractivity contribution in [3.05, 3.63) is 35.7 Å².